The molecular formula is C28H48O4. The Morgan fingerprint density at radius 1 is 0.812 bits per heavy atom. The quantitative estimate of drug-likeness (QED) is 0.560. The third-order valence-corrected chi connectivity index (χ3v) is 11.9. The summed E-state index contributed by atoms with van der Waals surface area (Å²) in [6, 6.07) is 0. The molecule has 3 N–H and O–H groups in total. The van der Waals surface area contributed by atoms with Crippen LogP contribution in [0.2, 0.25) is 0 Å². The zero-order chi connectivity index (χ0) is 23.3. The number of aliphatic hydroxyl groups excluding tert-OH is 2. The minimum atomic E-state index is -0.791. The first-order valence-corrected chi connectivity index (χ1v) is 13.5. The summed E-state index contributed by atoms with van der Waals surface area (Å²) < 4.78 is 6.43. The molecule has 4 nitrogen and oxygen atoms in total. The van der Waals surface area contributed by atoms with Crippen molar-refractivity contribution in [3.63, 3.8) is 0 Å². The van der Waals surface area contributed by atoms with Gasteiger partial charge in [0.2, 0.25) is 0 Å². The molecule has 4 saturated carbocycles. The average Bonchev–Trinajstić information content (AvgIpc) is 3.34. The van der Waals surface area contributed by atoms with Gasteiger partial charge >= 0.3 is 0 Å². The van der Waals surface area contributed by atoms with Gasteiger partial charge in [-0.3, -0.25) is 0 Å². The van der Waals surface area contributed by atoms with Gasteiger partial charge < -0.3 is 20.1 Å². The maximum absolute atomic E-state index is 11.6. The van der Waals surface area contributed by atoms with E-state index in [1.807, 2.05) is 13.8 Å². The highest BCUT2D eigenvalue weighted by molar-refractivity contribution is 5.15. The molecule has 1 aliphatic heterocycles. The van der Waals surface area contributed by atoms with Gasteiger partial charge in [-0.1, -0.05) is 27.7 Å². The number of rotatable bonds is 2. The number of hydrogen-bond acceptors (Lipinski definition) is 4. The van der Waals surface area contributed by atoms with Gasteiger partial charge in [-0.2, -0.15) is 0 Å². The Morgan fingerprint density at radius 2 is 1.50 bits per heavy atom. The first kappa shape index (κ1) is 23.6. The first-order valence-electron chi connectivity index (χ1n) is 13.5. The summed E-state index contributed by atoms with van der Waals surface area (Å²) in [5, 5.41) is 32.9. The average molecular weight is 449 g/mol. The van der Waals surface area contributed by atoms with Crippen molar-refractivity contribution in [2.24, 2.45) is 45.8 Å². The first-order chi connectivity index (χ1) is 14.8. The van der Waals surface area contributed by atoms with Gasteiger partial charge in [0.05, 0.1) is 30.0 Å². The van der Waals surface area contributed by atoms with Crippen LogP contribution in [0.3, 0.4) is 0 Å². The molecule has 11 atom stereocenters. The molecule has 1 unspecified atom stereocenters. The molecule has 1 saturated heterocycles. The van der Waals surface area contributed by atoms with E-state index in [1.165, 1.54) is 19.3 Å². The van der Waals surface area contributed by atoms with E-state index in [4.69, 9.17) is 4.74 Å². The van der Waals surface area contributed by atoms with E-state index in [9.17, 15) is 15.3 Å². The standard InChI is InChI=1S/C28H48O4/c1-25(2)20-11-13-27(5)17-8-7-16(19-9-10-23(32-19)26(3,4)31)24(17)18(29)15-21(27)28(20,6)14-12-22(25)30/h16-24,29-31H,7-15H2,1-6H3/t16-,17-,18-,19?,20+,21+,22+,23-,24-,27+,28+/m1/s1. The predicted molar refractivity (Wildman–Crippen MR) is 126 cm³/mol. The van der Waals surface area contributed by atoms with Crippen LogP contribution in [0, 0.1) is 45.8 Å². The molecule has 0 amide bonds. The minimum Gasteiger partial charge on any atom is -0.393 e. The molecule has 0 bridgehead atoms. The molecule has 0 radical (unpaired) electrons. The Hall–Kier alpha value is -0.160. The summed E-state index contributed by atoms with van der Waals surface area (Å²) in [5.74, 6) is 2.39. The minimum absolute atomic E-state index is 0.0435. The second-order valence-corrected chi connectivity index (χ2v) is 14.2. The maximum Gasteiger partial charge on any atom is 0.0861 e. The Bertz CT molecular complexity index is 727. The highest BCUT2D eigenvalue weighted by atomic mass is 16.5. The van der Waals surface area contributed by atoms with Crippen molar-refractivity contribution in [3.8, 4) is 0 Å². The van der Waals surface area contributed by atoms with Crippen LogP contribution in [0.4, 0.5) is 0 Å². The molecule has 5 aliphatic rings. The molecule has 5 fully saturated rings. The molecule has 4 aliphatic carbocycles. The topological polar surface area (TPSA) is 69.9 Å². The van der Waals surface area contributed by atoms with E-state index in [0.717, 1.165) is 38.5 Å². The van der Waals surface area contributed by atoms with E-state index in [0.29, 0.717) is 29.6 Å². The fourth-order valence-corrected chi connectivity index (χ4v) is 10.3. The fraction of sp³-hybridized carbons (Fsp3) is 1.00. The third-order valence-electron chi connectivity index (χ3n) is 11.9. The highest BCUT2D eigenvalue weighted by Crippen LogP contribution is 2.71. The van der Waals surface area contributed by atoms with Crippen molar-refractivity contribution in [2.45, 2.75) is 129 Å². The Balaban J connectivity index is 1.40. The molecule has 4 heteroatoms. The van der Waals surface area contributed by atoms with Crippen LogP contribution in [-0.4, -0.2) is 45.3 Å². The second kappa shape index (κ2) is 7.42. The summed E-state index contributed by atoms with van der Waals surface area (Å²) in [4.78, 5) is 0. The molecule has 0 aromatic carbocycles. The van der Waals surface area contributed by atoms with Crippen molar-refractivity contribution >= 4 is 0 Å². The van der Waals surface area contributed by atoms with Crippen LogP contribution in [0.25, 0.3) is 0 Å². The van der Waals surface area contributed by atoms with Gasteiger partial charge in [0, 0.05) is 0 Å². The van der Waals surface area contributed by atoms with Gasteiger partial charge in [0.1, 0.15) is 0 Å². The van der Waals surface area contributed by atoms with Crippen LogP contribution < -0.4 is 0 Å². The number of fused-ring (bicyclic) bond motifs is 5. The number of aliphatic hydroxyl groups is 3. The maximum atomic E-state index is 11.6. The van der Waals surface area contributed by atoms with Gasteiger partial charge in [-0.15, -0.1) is 0 Å². The molecule has 184 valence electrons. The lowest BCUT2D eigenvalue weighted by atomic mass is 9.38. The fourth-order valence-electron chi connectivity index (χ4n) is 10.3. The summed E-state index contributed by atoms with van der Waals surface area (Å²) in [7, 11) is 0. The van der Waals surface area contributed by atoms with Crippen LogP contribution in [0.1, 0.15) is 99.3 Å². The smallest absolute Gasteiger partial charge is 0.0861 e. The summed E-state index contributed by atoms with van der Waals surface area (Å²) in [6.45, 7) is 13.3. The number of hydrogen-bond donors (Lipinski definition) is 3. The monoisotopic (exact) mass is 448 g/mol. The molecular weight excluding hydrogens is 400 g/mol. The molecule has 0 spiro atoms. The largest absolute Gasteiger partial charge is 0.393 e. The van der Waals surface area contributed by atoms with Gasteiger partial charge in [-0.05, 0) is 117 Å². The lowest BCUT2D eigenvalue weighted by molar-refractivity contribution is -0.219. The van der Waals surface area contributed by atoms with Crippen LogP contribution in [-0.2, 0) is 4.74 Å². The highest BCUT2D eigenvalue weighted by Gasteiger charge is 2.66. The van der Waals surface area contributed by atoms with Gasteiger partial charge in [0.15, 0.2) is 0 Å². The van der Waals surface area contributed by atoms with Gasteiger partial charge in [0.25, 0.3) is 0 Å². The van der Waals surface area contributed by atoms with E-state index in [1.54, 1.807) is 0 Å². The van der Waals surface area contributed by atoms with Crippen LogP contribution >= 0.6 is 0 Å². The van der Waals surface area contributed by atoms with E-state index in [2.05, 4.69) is 27.7 Å². The zero-order valence-corrected chi connectivity index (χ0v) is 21.3. The predicted octanol–water partition coefficient (Wildman–Crippen LogP) is 4.93. The summed E-state index contributed by atoms with van der Waals surface area (Å²) in [5.41, 5.74) is -0.357. The van der Waals surface area contributed by atoms with E-state index < -0.39 is 5.60 Å². The summed E-state index contributed by atoms with van der Waals surface area (Å²) >= 11 is 0. The van der Waals surface area contributed by atoms with Crippen molar-refractivity contribution < 1.29 is 20.1 Å². The summed E-state index contributed by atoms with van der Waals surface area (Å²) in [6.07, 6.45) is 9.29. The molecule has 0 aromatic rings. The molecule has 5 rings (SSSR count). The third kappa shape index (κ3) is 3.22. The van der Waals surface area contributed by atoms with Crippen molar-refractivity contribution in [3.05, 3.63) is 0 Å². The molecule has 0 aromatic heterocycles. The van der Waals surface area contributed by atoms with Crippen molar-refractivity contribution in [1.82, 2.24) is 0 Å². The number of ether oxygens (including phenoxy) is 1. The van der Waals surface area contributed by atoms with Crippen molar-refractivity contribution in [2.75, 3.05) is 0 Å². The van der Waals surface area contributed by atoms with Crippen LogP contribution in [0.15, 0.2) is 0 Å². The zero-order valence-electron chi connectivity index (χ0n) is 21.3. The molecule has 1 heterocycles. The Labute approximate surface area is 195 Å². The van der Waals surface area contributed by atoms with E-state index >= 15 is 0 Å². The van der Waals surface area contributed by atoms with Gasteiger partial charge in [-0.25, -0.2) is 0 Å². The Kier molecular flexibility index (Phi) is 5.47. The second-order valence-electron chi connectivity index (χ2n) is 14.2. The molecule has 32 heavy (non-hydrogen) atoms. The Morgan fingerprint density at radius 3 is 2.16 bits per heavy atom. The lowest BCUT2D eigenvalue weighted by Gasteiger charge is -2.67. The van der Waals surface area contributed by atoms with Crippen molar-refractivity contribution in [1.29, 1.82) is 0 Å². The lowest BCUT2D eigenvalue weighted by Crippen LogP contribution is -2.63. The van der Waals surface area contributed by atoms with E-state index in [-0.39, 0.29) is 40.7 Å². The normalized spacial score (nSPS) is 55.2. The SMILES string of the molecule is CC(C)(O)[C@H]1CCC([C@H]2CC[C@@H]3[C@@H]2[C@H](O)C[C@H]2[C@@]3(C)CC[C@H]3C(C)(C)[C@@H](O)CC[C@]23C)O1. The van der Waals surface area contributed by atoms with Crippen LogP contribution in [0.5, 0.6) is 0 Å².